The summed E-state index contributed by atoms with van der Waals surface area (Å²) in [6, 6.07) is 1.70. The van der Waals surface area contributed by atoms with Crippen molar-refractivity contribution >= 4 is 17.4 Å². The van der Waals surface area contributed by atoms with Gasteiger partial charge in [0.25, 0.3) is 0 Å². The van der Waals surface area contributed by atoms with Crippen LogP contribution >= 0.6 is 11.6 Å². The quantitative estimate of drug-likeness (QED) is 0.683. The van der Waals surface area contributed by atoms with Crippen LogP contribution in [-0.2, 0) is 11.3 Å². The predicted octanol–water partition coefficient (Wildman–Crippen LogP) is 2.49. The molecule has 1 unspecified atom stereocenters. The Bertz CT molecular complexity index is 371. The maximum Gasteiger partial charge on any atom is 0.158 e. The Labute approximate surface area is 119 Å². The number of rotatable bonds is 9. The summed E-state index contributed by atoms with van der Waals surface area (Å²) < 4.78 is 5.00. The van der Waals surface area contributed by atoms with Gasteiger partial charge in [0.15, 0.2) is 5.82 Å². The molecule has 0 aliphatic heterocycles. The molecule has 2 N–H and O–H groups in total. The molecule has 6 heteroatoms. The third kappa shape index (κ3) is 6.18. The van der Waals surface area contributed by atoms with Crippen molar-refractivity contribution < 1.29 is 9.84 Å². The number of nitrogens with zero attached hydrogens (tertiary/aromatic N) is 2. The summed E-state index contributed by atoms with van der Waals surface area (Å²) in [7, 11) is 1.59. The van der Waals surface area contributed by atoms with Gasteiger partial charge in [-0.25, -0.2) is 9.97 Å². The molecule has 1 rings (SSSR count). The molecule has 0 bridgehead atoms. The monoisotopic (exact) mass is 287 g/mol. The first kappa shape index (κ1) is 16.1. The average molecular weight is 288 g/mol. The fourth-order valence-electron chi connectivity index (χ4n) is 1.94. The lowest BCUT2D eigenvalue weighted by Crippen LogP contribution is -2.17. The summed E-state index contributed by atoms with van der Waals surface area (Å²) in [5.41, 5.74) is 0. The Morgan fingerprint density at radius 3 is 2.84 bits per heavy atom. The van der Waals surface area contributed by atoms with E-state index >= 15 is 0 Å². The molecule has 0 spiro atoms. The van der Waals surface area contributed by atoms with Crippen LogP contribution < -0.4 is 5.32 Å². The highest BCUT2D eigenvalue weighted by atomic mass is 35.5. The van der Waals surface area contributed by atoms with Crippen LogP contribution in [0.15, 0.2) is 6.07 Å². The highest BCUT2D eigenvalue weighted by Crippen LogP contribution is 2.15. The van der Waals surface area contributed by atoms with Crippen molar-refractivity contribution in [1.29, 1.82) is 0 Å². The molecule has 0 amide bonds. The van der Waals surface area contributed by atoms with E-state index in [9.17, 15) is 0 Å². The van der Waals surface area contributed by atoms with Crippen molar-refractivity contribution in [2.24, 2.45) is 5.92 Å². The summed E-state index contributed by atoms with van der Waals surface area (Å²) in [5.74, 6) is 1.70. The van der Waals surface area contributed by atoms with E-state index in [0.717, 1.165) is 25.8 Å². The zero-order valence-corrected chi connectivity index (χ0v) is 12.3. The van der Waals surface area contributed by atoms with Crippen LogP contribution in [0.4, 0.5) is 5.82 Å². The Morgan fingerprint density at radius 2 is 2.21 bits per heavy atom. The van der Waals surface area contributed by atoms with Gasteiger partial charge in [-0.15, -0.1) is 0 Å². The average Bonchev–Trinajstić information content (AvgIpc) is 2.36. The summed E-state index contributed by atoms with van der Waals surface area (Å²) in [5, 5.41) is 12.7. The highest BCUT2D eigenvalue weighted by molar-refractivity contribution is 6.29. The molecule has 0 aromatic carbocycles. The van der Waals surface area contributed by atoms with Crippen molar-refractivity contribution in [3.05, 3.63) is 17.0 Å². The van der Waals surface area contributed by atoms with Crippen molar-refractivity contribution in [2.45, 2.75) is 32.8 Å². The minimum absolute atomic E-state index is 0.214. The third-order valence-electron chi connectivity index (χ3n) is 2.82. The summed E-state index contributed by atoms with van der Waals surface area (Å²) in [4.78, 5) is 8.39. The van der Waals surface area contributed by atoms with Crippen molar-refractivity contribution in [2.75, 3.05) is 25.6 Å². The van der Waals surface area contributed by atoms with Crippen LogP contribution in [0.1, 0.15) is 32.0 Å². The second kappa shape index (κ2) is 9.07. The molecule has 108 valence electrons. The number of hydrogen-bond acceptors (Lipinski definition) is 5. The molecule has 0 radical (unpaired) electrons. The first-order chi connectivity index (χ1) is 9.19. The Kier molecular flexibility index (Phi) is 7.70. The zero-order chi connectivity index (χ0) is 14.1. The fraction of sp³-hybridized carbons (Fsp3) is 0.692. The molecule has 1 aromatic heterocycles. The predicted molar refractivity (Wildman–Crippen MR) is 76.3 cm³/mol. The molecule has 5 nitrogen and oxygen atoms in total. The molecule has 1 aromatic rings. The Balaban J connectivity index is 2.59. The molecule has 1 atom stereocenters. The van der Waals surface area contributed by atoms with Gasteiger partial charge in [0.2, 0.25) is 0 Å². The van der Waals surface area contributed by atoms with Crippen LogP contribution in [0, 0.1) is 5.92 Å². The second-order valence-corrected chi connectivity index (χ2v) is 4.86. The maximum absolute atomic E-state index is 9.03. The van der Waals surface area contributed by atoms with E-state index in [2.05, 4.69) is 22.2 Å². The molecule has 1 heterocycles. The Hall–Kier alpha value is -0.910. The van der Waals surface area contributed by atoms with Gasteiger partial charge in [-0.05, 0) is 18.8 Å². The van der Waals surface area contributed by atoms with Crippen molar-refractivity contribution in [3.63, 3.8) is 0 Å². The second-order valence-electron chi connectivity index (χ2n) is 4.47. The lowest BCUT2D eigenvalue weighted by Gasteiger charge is -2.16. The normalized spacial score (nSPS) is 12.4. The molecule has 0 saturated heterocycles. The minimum atomic E-state index is 0.214. The molecule has 0 aliphatic carbocycles. The summed E-state index contributed by atoms with van der Waals surface area (Å²) >= 11 is 5.94. The maximum atomic E-state index is 9.03. The van der Waals surface area contributed by atoms with Gasteiger partial charge >= 0.3 is 0 Å². The molecule has 19 heavy (non-hydrogen) atoms. The van der Waals surface area contributed by atoms with E-state index in [1.54, 1.807) is 13.2 Å². The number of aliphatic hydroxyl groups excluding tert-OH is 1. The molecular formula is C13H22ClN3O2. The molecule has 0 fully saturated rings. The van der Waals surface area contributed by atoms with E-state index in [4.69, 9.17) is 21.4 Å². The number of halogens is 1. The van der Waals surface area contributed by atoms with E-state index in [0.29, 0.717) is 29.3 Å². The van der Waals surface area contributed by atoms with Crippen LogP contribution in [0.25, 0.3) is 0 Å². The number of hydrogen-bond donors (Lipinski definition) is 2. The van der Waals surface area contributed by atoms with Gasteiger partial charge in [-0.2, -0.15) is 0 Å². The minimum Gasteiger partial charge on any atom is -0.396 e. The number of ether oxygens (including phenoxy) is 1. The van der Waals surface area contributed by atoms with Crippen molar-refractivity contribution in [3.8, 4) is 0 Å². The Morgan fingerprint density at radius 1 is 1.42 bits per heavy atom. The number of aliphatic hydroxyl groups is 1. The molecule has 0 saturated carbocycles. The van der Waals surface area contributed by atoms with Crippen LogP contribution in [0.5, 0.6) is 0 Å². The zero-order valence-electron chi connectivity index (χ0n) is 11.5. The van der Waals surface area contributed by atoms with Crippen LogP contribution in [-0.4, -0.2) is 35.3 Å². The summed E-state index contributed by atoms with van der Waals surface area (Å²) in [6.45, 7) is 3.47. The number of anilines is 1. The number of nitrogens with one attached hydrogen (secondary N) is 1. The van der Waals surface area contributed by atoms with Gasteiger partial charge < -0.3 is 15.2 Å². The first-order valence-corrected chi connectivity index (χ1v) is 6.94. The molecule has 0 aliphatic rings. The fourth-order valence-corrected chi connectivity index (χ4v) is 2.14. The lowest BCUT2D eigenvalue weighted by molar-refractivity contribution is 0.178. The largest absolute Gasteiger partial charge is 0.396 e. The van der Waals surface area contributed by atoms with E-state index in [1.807, 2.05) is 0 Å². The number of methoxy groups -OCH3 is 1. The van der Waals surface area contributed by atoms with Gasteiger partial charge in [0, 0.05) is 26.3 Å². The van der Waals surface area contributed by atoms with E-state index in [1.165, 1.54) is 0 Å². The summed E-state index contributed by atoms with van der Waals surface area (Å²) in [6.07, 6.45) is 2.98. The van der Waals surface area contributed by atoms with Gasteiger partial charge in [0.1, 0.15) is 17.6 Å². The molecular weight excluding hydrogens is 266 g/mol. The van der Waals surface area contributed by atoms with Gasteiger partial charge in [0.05, 0.1) is 0 Å². The lowest BCUT2D eigenvalue weighted by atomic mass is 10.0. The number of aromatic nitrogens is 2. The first-order valence-electron chi connectivity index (χ1n) is 6.56. The van der Waals surface area contributed by atoms with Gasteiger partial charge in [-0.1, -0.05) is 24.9 Å². The SMILES string of the molecule is CCCC(CCO)CNc1cc(Cl)nc(COC)n1. The third-order valence-corrected chi connectivity index (χ3v) is 3.01. The van der Waals surface area contributed by atoms with E-state index in [-0.39, 0.29) is 6.61 Å². The van der Waals surface area contributed by atoms with Crippen LogP contribution in [0.2, 0.25) is 5.15 Å². The topological polar surface area (TPSA) is 67.3 Å². The smallest absolute Gasteiger partial charge is 0.158 e. The standard InChI is InChI=1S/C13H22ClN3O2/c1-3-4-10(5-6-18)8-15-12-7-11(14)16-13(17-12)9-19-2/h7,10,18H,3-6,8-9H2,1-2H3,(H,15,16,17). The van der Waals surface area contributed by atoms with Crippen LogP contribution in [0.3, 0.4) is 0 Å². The van der Waals surface area contributed by atoms with E-state index < -0.39 is 0 Å². The van der Waals surface area contributed by atoms with Crippen molar-refractivity contribution in [1.82, 2.24) is 9.97 Å². The van der Waals surface area contributed by atoms with Gasteiger partial charge in [-0.3, -0.25) is 0 Å². The highest BCUT2D eigenvalue weighted by Gasteiger charge is 2.09.